The highest BCUT2D eigenvalue weighted by atomic mass is 19.1. The monoisotopic (exact) mass is 223 g/mol. The van der Waals surface area contributed by atoms with Gasteiger partial charge in [0, 0.05) is 5.41 Å². The molecule has 1 rings (SSSR count). The first-order chi connectivity index (χ1) is 7.30. The first kappa shape index (κ1) is 12.7. The van der Waals surface area contributed by atoms with E-state index in [1.54, 1.807) is 12.1 Å². The molecule has 0 heterocycles. The first-order valence-corrected chi connectivity index (χ1v) is 5.37. The third-order valence-corrected chi connectivity index (χ3v) is 2.38. The van der Waals surface area contributed by atoms with Crippen LogP contribution in [0, 0.1) is 11.2 Å². The van der Waals surface area contributed by atoms with Gasteiger partial charge in [-0.15, -0.1) is 0 Å². The lowest BCUT2D eigenvalue weighted by Crippen LogP contribution is -2.36. The predicted molar refractivity (Wildman–Crippen MR) is 62.4 cm³/mol. The Morgan fingerprint density at radius 2 is 2.00 bits per heavy atom. The lowest BCUT2D eigenvalue weighted by atomic mass is 9.94. The summed E-state index contributed by atoms with van der Waals surface area (Å²) in [7, 11) is 0. The molecule has 0 spiro atoms. The molecule has 1 aromatic carbocycles. The average molecular weight is 223 g/mol. The van der Waals surface area contributed by atoms with Gasteiger partial charge in [-0.1, -0.05) is 32.9 Å². The van der Waals surface area contributed by atoms with Crippen molar-refractivity contribution in [2.24, 2.45) is 5.41 Å². The van der Waals surface area contributed by atoms with Gasteiger partial charge in [0.2, 0.25) is 5.91 Å². The van der Waals surface area contributed by atoms with Crippen molar-refractivity contribution < 1.29 is 9.18 Å². The van der Waals surface area contributed by atoms with Crippen LogP contribution in [0.1, 0.15) is 39.3 Å². The maximum absolute atomic E-state index is 13.0. The number of carbonyl (C=O) groups is 1. The van der Waals surface area contributed by atoms with Crippen molar-refractivity contribution in [2.45, 2.75) is 33.7 Å². The zero-order valence-corrected chi connectivity index (χ0v) is 10.2. The van der Waals surface area contributed by atoms with Crippen molar-refractivity contribution in [3.63, 3.8) is 0 Å². The van der Waals surface area contributed by atoms with E-state index in [9.17, 15) is 9.18 Å². The number of halogens is 1. The molecule has 2 nitrogen and oxygen atoms in total. The molecule has 1 atom stereocenters. The van der Waals surface area contributed by atoms with Crippen molar-refractivity contribution in [1.82, 2.24) is 5.32 Å². The van der Waals surface area contributed by atoms with Crippen LogP contribution in [-0.2, 0) is 4.79 Å². The molecular formula is C13H18FNO. The molecule has 0 aliphatic carbocycles. The minimum Gasteiger partial charge on any atom is -0.349 e. The van der Waals surface area contributed by atoms with Crippen LogP contribution in [0.15, 0.2) is 24.3 Å². The quantitative estimate of drug-likeness (QED) is 0.820. The fourth-order valence-corrected chi connectivity index (χ4v) is 1.27. The summed E-state index contributed by atoms with van der Waals surface area (Å²) in [4.78, 5) is 11.7. The maximum atomic E-state index is 13.0. The summed E-state index contributed by atoms with van der Waals surface area (Å²) in [5.41, 5.74) is 0.347. The molecule has 0 radical (unpaired) electrons. The smallest absolute Gasteiger partial charge is 0.225 e. The third-order valence-electron chi connectivity index (χ3n) is 2.38. The van der Waals surface area contributed by atoms with Gasteiger partial charge in [0.05, 0.1) is 6.04 Å². The Labute approximate surface area is 95.9 Å². The van der Waals surface area contributed by atoms with Crippen LogP contribution >= 0.6 is 0 Å². The van der Waals surface area contributed by atoms with Gasteiger partial charge in [-0.25, -0.2) is 4.39 Å². The highest BCUT2D eigenvalue weighted by molar-refractivity contribution is 5.81. The van der Waals surface area contributed by atoms with Gasteiger partial charge in [0.25, 0.3) is 0 Å². The van der Waals surface area contributed by atoms with Crippen LogP contribution in [0.4, 0.5) is 4.39 Å². The largest absolute Gasteiger partial charge is 0.349 e. The lowest BCUT2D eigenvalue weighted by molar-refractivity contribution is -0.129. The highest BCUT2D eigenvalue weighted by Crippen LogP contribution is 2.18. The second-order valence-corrected chi connectivity index (χ2v) is 5.00. The molecule has 0 bridgehead atoms. The normalized spacial score (nSPS) is 13.3. The standard InChI is InChI=1S/C13H18FNO/c1-9(15-12(16)13(2,3)4)10-6-5-7-11(14)8-10/h5-9H,1-4H3,(H,15,16). The molecule has 1 amide bonds. The first-order valence-electron chi connectivity index (χ1n) is 5.37. The van der Waals surface area contributed by atoms with Crippen LogP contribution in [0.2, 0.25) is 0 Å². The third kappa shape index (κ3) is 3.33. The SMILES string of the molecule is CC(NC(=O)C(C)(C)C)c1cccc(F)c1. The Balaban J connectivity index is 2.73. The van der Waals surface area contributed by atoms with E-state index < -0.39 is 5.41 Å². The van der Waals surface area contributed by atoms with Crippen molar-refractivity contribution in [1.29, 1.82) is 0 Å². The summed E-state index contributed by atoms with van der Waals surface area (Å²) in [6, 6.07) is 6.10. The maximum Gasteiger partial charge on any atom is 0.225 e. The Morgan fingerprint density at radius 1 is 1.38 bits per heavy atom. The van der Waals surface area contributed by atoms with Crippen molar-refractivity contribution >= 4 is 5.91 Å². The van der Waals surface area contributed by atoms with Crippen LogP contribution in [0.5, 0.6) is 0 Å². The fourth-order valence-electron chi connectivity index (χ4n) is 1.27. The number of carbonyl (C=O) groups excluding carboxylic acids is 1. The average Bonchev–Trinajstić information content (AvgIpc) is 2.16. The van der Waals surface area contributed by atoms with E-state index >= 15 is 0 Å². The molecule has 1 aromatic rings. The Bertz CT molecular complexity index is 382. The minimum atomic E-state index is -0.429. The Kier molecular flexibility index (Phi) is 3.68. The number of hydrogen-bond acceptors (Lipinski definition) is 1. The summed E-state index contributed by atoms with van der Waals surface area (Å²) in [5, 5.41) is 2.86. The molecule has 3 heteroatoms. The number of nitrogens with one attached hydrogen (secondary N) is 1. The molecule has 1 unspecified atom stereocenters. The topological polar surface area (TPSA) is 29.1 Å². The van der Waals surface area contributed by atoms with Crippen molar-refractivity contribution in [2.75, 3.05) is 0 Å². The molecule has 0 aliphatic heterocycles. The highest BCUT2D eigenvalue weighted by Gasteiger charge is 2.22. The van der Waals surface area contributed by atoms with Gasteiger partial charge in [-0.2, -0.15) is 0 Å². The molecule has 0 saturated carbocycles. The van der Waals surface area contributed by atoms with Gasteiger partial charge in [-0.05, 0) is 24.6 Å². The van der Waals surface area contributed by atoms with Gasteiger partial charge in [0.15, 0.2) is 0 Å². The summed E-state index contributed by atoms with van der Waals surface area (Å²) in [5.74, 6) is -0.321. The van der Waals surface area contributed by atoms with E-state index in [-0.39, 0.29) is 17.8 Å². The van der Waals surface area contributed by atoms with Crippen LogP contribution < -0.4 is 5.32 Å². The molecular weight excluding hydrogens is 205 g/mol. The Morgan fingerprint density at radius 3 is 2.50 bits per heavy atom. The van der Waals surface area contributed by atoms with E-state index in [1.807, 2.05) is 27.7 Å². The van der Waals surface area contributed by atoms with Gasteiger partial charge in [-0.3, -0.25) is 4.79 Å². The number of benzene rings is 1. The molecule has 0 aromatic heterocycles. The summed E-state index contributed by atoms with van der Waals surface area (Å²) < 4.78 is 13.0. The van der Waals surface area contributed by atoms with Gasteiger partial charge < -0.3 is 5.32 Å². The van der Waals surface area contributed by atoms with Gasteiger partial charge in [0.1, 0.15) is 5.82 Å². The second kappa shape index (κ2) is 4.64. The fraction of sp³-hybridized carbons (Fsp3) is 0.462. The molecule has 0 fully saturated rings. The van der Waals surface area contributed by atoms with E-state index in [1.165, 1.54) is 12.1 Å². The molecule has 0 saturated heterocycles. The number of amides is 1. The Hall–Kier alpha value is -1.38. The molecule has 1 N–H and O–H groups in total. The van der Waals surface area contributed by atoms with Crippen molar-refractivity contribution in [3.05, 3.63) is 35.6 Å². The summed E-state index contributed by atoms with van der Waals surface area (Å²) >= 11 is 0. The van der Waals surface area contributed by atoms with Crippen LogP contribution in [0.3, 0.4) is 0 Å². The van der Waals surface area contributed by atoms with E-state index in [4.69, 9.17) is 0 Å². The zero-order chi connectivity index (χ0) is 12.3. The predicted octanol–water partition coefficient (Wildman–Crippen LogP) is 3.05. The van der Waals surface area contributed by atoms with E-state index in [0.29, 0.717) is 0 Å². The van der Waals surface area contributed by atoms with Crippen molar-refractivity contribution in [3.8, 4) is 0 Å². The number of hydrogen-bond donors (Lipinski definition) is 1. The van der Waals surface area contributed by atoms with E-state index in [2.05, 4.69) is 5.32 Å². The lowest BCUT2D eigenvalue weighted by Gasteiger charge is -2.22. The van der Waals surface area contributed by atoms with Crippen LogP contribution in [0.25, 0.3) is 0 Å². The van der Waals surface area contributed by atoms with Crippen LogP contribution in [-0.4, -0.2) is 5.91 Å². The van der Waals surface area contributed by atoms with E-state index in [0.717, 1.165) is 5.56 Å². The minimum absolute atomic E-state index is 0.0377. The van der Waals surface area contributed by atoms with Gasteiger partial charge >= 0.3 is 0 Å². The number of rotatable bonds is 2. The second-order valence-electron chi connectivity index (χ2n) is 5.00. The molecule has 16 heavy (non-hydrogen) atoms. The molecule has 0 aliphatic rings. The summed E-state index contributed by atoms with van der Waals surface area (Å²) in [6.45, 7) is 7.39. The summed E-state index contributed by atoms with van der Waals surface area (Å²) in [6.07, 6.45) is 0. The molecule has 88 valence electrons. The zero-order valence-electron chi connectivity index (χ0n) is 10.2.